The third-order valence-corrected chi connectivity index (χ3v) is 7.62. The van der Waals surface area contributed by atoms with Crippen molar-refractivity contribution >= 4 is 50.6 Å². The largest absolute Gasteiger partial charge is 0.493 e. The van der Waals surface area contributed by atoms with Gasteiger partial charge in [0, 0.05) is 9.35 Å². The molecule has 0 fully saturated rings. The quantitative estimate of drug-likeness (QED) is 0.469. The van der Waals surface area contributed by atoms with Crippen LogP contribution in [0.25, 0.3) is 6.08 Å². The first-order valence-electron chi connectivity index (χ1n) is 9.45. The Bertz CT molecular complexity index is 1400. The monoisotopic (exact) mass is 534 g/mol. The minimum absolute atomic E-state index is 0.234. The molecule has 3 aromatic rings. The molecule has 2 aromatic heterocycles. The van der Waals surface area contributed by atoms with Crippen LogP contribution < -0.4 is 24.4 Å². The van der Waals surface area contributed by atoms with Crippen LogP contribution in [-0.4, -0.2) is 31.9 Å². The number of benzene rings is 1. The molecule has 1 aliphatic heterocycles. The molecule has 166 valence electrons. The van der Waals surface area contributed by atoms with E-state index in [0.29, 0.717) is 32.1 Å². The molecule has 0 bridgehead atoms. The number of rotatable bonds is 5. The second-order valence-corrected chi connectivity index (χ2v) is 9.66. The molecule has 0 aliphatic carbocycles. The third kappa shape index (κ3) is 3.82. The normalized spacial score (nSPS) is 15.9. The Morgan fingerprint density at radius 3 is 2.56 bits per heavy atom. The van der Waals surface area contributed by atoms with Gasteiger partial charge in [0.2, 0.25) is 0 Å². The number of methoxy groups -OCH3 is 3. The number of aromatic nitrogens is 1. The SMILES string of the molecule is COC(=O)C1=C(C)N=c2sc(=Cc3cc(OC)c(OC)cc3Br)c(=O)n2C1c1cccs1. The van der Waals surface area contributed by atoms with Gasteiger partial charge in [-0.15, -0.1) is 11.3 Å². The Balaban J connectivity index is 1.95. The van der Waals surface area contributed by atoms with Gasteiger partial charge >= 0.3 is 5.97 Å². The van der Waals surface area contributed by atoms with Gasteiger partial charge in [-0.25, -0.2) is 9.79 Å². The Morgan fingerprint density at radius 2 is 1.94 bits per heavy atom. The van der Waals surface area contributed by atoms with E-state index in [0.717, 1.165) is 14.9 Å². The van der Waals surface area contributed by atoms with E-state index in [9.17, 15) is 9.59 Å². The minimum atomic E-state index is -0.588. The van der Waals surface area contributed by atoms with Crippen molar-refractivity contribution in [1.29, 1.82) is 0 Å². The lowest BCUT2D eigenvalue weighted by Crippen LogP contribution is -2.39. The Hall–Kier alpha value is -2.69. The van der Waals surface area contributed by atoms with Crippen molar-refractivity contribution in [3.05, 3.63) is 75.5 Å². The zero-order valence-electron chi connectivity index (χ0n) is 17.7. The van der Waals surface area contributed by atoms with Crippen LogP contribution in [0.3, 0.4) is 0 Å². The van der Waals surface area contributed by atoms with Crippen molar-refractivity contribution in [3.63, 3.8) is 0 Å². The summed E-state index contributed by atoms with van der Waals surface area (Å²) in [7, 11) is 4.45. The van der Waals surface area contributed by atoms with E-state index in [4.69, 9.17) is 14.2 Å². The number of nitrogens with zero attached hydrogens (tertiary/aromatic N) is 2. The second-order valence-electron chi connectivity index (χ2n) is 6.82. The minimum Gasteiger partial charge on any atom is -0.493 e. The van der Waals surface area contributed by atoms with E-state index in [1.54, 1.807) is 43.9 Å². The van der Waals surface area contributed by atoms with Gasteiger partial charge < -0.3 is 14.2 Å². The average Bonchev–Trinajstić information content (AvgIpc) is 3.42. The summed E-state index contributed by atoms with van der Waals surface area (Å²) in [6, 6.07) is 6.79. The Morgan fingerprint density at radius 1 is 1.22 bits per heavy atom. The van der Waals surface area contributed by atoms with Gasteiger partial charge in [0.25, 0.3) is 5.56 Å². The van der Waals surface area contributed by atoms with Crippen molar-refractivity contribution in [2.45, 2.75) is 13.0 Å². The number of thiophene rings is 1. The lowest BCUT2D eigenvalue weighted by atomic mass is 10.0. The van der Waals surface area contributed by atoms with Crippen LogP contribution in [0.4, 0.5) is 0 Å². The first kappa shape index (κ1) is 22.5. The molecule has 32 heavy (non-hydrogen) atoms. The van der Waals surface area contributed by atoms with Crippen LogP contribution in [0.2, 0.25) is 0 Å². The summed E-state index contributed by atoms with van der Waals surface area (Å²) in [5.74, 6) is 0.630. The number of carbonyl (C=O) groups excluding carboxylic acids is 1. The summed E-state index contributed by atoms with van der Waals surface area (Å²) in [5, 5.41) is 1.91. The molecule has 10 heteroatoms. The van der Waals surface area contributed by atoms with Crippen molar-refractivity contribution in [2.75, 3.05) is 21.3 Å². The molecule has 0 amide bonds. The fraction of sp³-hybridized carbons (Fsp3) is 0.227. The van der Waals surface area contributed by atoms with Crippen LogP contribution >= 0.6 is 38.6 Å². The van der Waals surface area contributed by atoms with E-state index < -0.39 is 12.0 Å². The van der Waals surface area contributed by atoms with Gasteiger partial charge in [-0.3, -0.25) is 9.36 Å². The number of carbonyl (C=O) groups is 1. The first-order valence-corrected chi connectivity index (χ1v) is 11.9. The van der Waals surface area contributed by atoms with Crippen molar-refractivity contribution in [2.24, 2.45) is 4.99 Å². The van der Waals surface area contributed by atoms with Crippen LogP contribution in [0.5, 0.6) is 11.5 Å². The van der Waals surface area contributed by atoms with E-state index in [2.05, 4.69) is 20.9 Å². The molecule has 0 saturated heterocycles. The molecular formula is C22H19BrN2O5S2. The molecule has 1 aliphatic rings. The summed E-state index contributed by atoms with van der Waals surface area (Å²) < 4.78 is 18.5. The number of esters is 1. The lowest BCUT2D eigenvalue weighted by Gasteiger charge is -2.22. The molecule has 1 atom stereocenters. The third-order valence-electron chi connectivity index (χ3n) is 5.03. The van der Waals surface area contributed by atoms with Crippen LogP contribution in [0.1, 0.15) is 23.4 Å². The van der Waals surface area contributed by atoms with Crippen molar-refractivity contribution in [1.82, 2.24) is 4.57 Å². The summed E-state index contributed by atoms with van der Waals surface area (Å²) in [6.07, 6.45) is 1.78. The van der Waals surface area contributed by atoms with Gasteiger partial charge in [0.1, 0.15) is 6.04 Å². The summed E-state index contributed by atoms with van der Waals surface area (Å²) in [5.41, 5.74) is 1.42. The van der Waals surface area contributed by atoms with E-state index in [1.807, 2.05) is 17.5 Å². The standard InChI is InChI=1S/C22H19BrN2O5S2/c1-11-18(21(27)30-4)19(16-6-5-7-31-16)25-20(26)17(32-22(25)24-11)9-12-8-14(28-2)15(29-3)10-13(12)23/h5-10,19H,1-4H3. The highest BCUT2D eigenvalue weighted by Gasteiger charge is 2.33. The van der Waals surface area contributed by atoms with Crippen LogP contribution in [-0.2, 0) is 9.53 Å². The Kier molecular flexibility index (Phi) is 6.36. The molecule has 0 N–H and O–H groups in total. The second kappa shape index (κ2) is 9.05. The molecule has 0 spiro atoms. The number of halogens is 1. The first-order chi connectivity index (χ1) is 15.4. The molecule has 3 heterocycles. The van der Waals surface area contributed by atoms with Gasteiger partial charge in [-0.05, 0) is 42.1 Å². The molecule has 1 unspecified atom stereocenters. The Labute approximate surface area is 200 Å². The van der Waals surface area contributed by atoms with E-state index in [1.165, 1.54) is 29.8 Å². The predicted octanol–water partition coefficient (Wildman–Crippen LogP) is 3.25. The van der Waals surface area contributed by atoms with Crippen molar-refractivity contribution < 1.29 is 19.0 Å². The maximum atomic E-state index is 13.5. The molecular weight excluding hydrogens is 516 g/mol. The maximum absolute atomic E-state index is 13.5. The van der Waals surface area contributed by atoms with Gasteiger partial charge in [-0.1, -0.05) is 33.3 Å². The van der Waals surface area contributed by atoms with Crippen LogP contribution in [0.15, 0.2) is 55.2 Å². The maximum Gasteiger partial charge on any atom is 0.338 e. The summed E-state index contributed by atoms with van der Waals surface area (Å²) in [6.45, 7) is 1.76. The average molecular weight is 535 g/mol. The fourth-order valence-corrected chi connectivity index (χ4v) is 5.83. The fourth-order valence-electron chi connectivity index (χ4n) is 3.53. The zero-order valence-corrected chi connectivity index (χ0v) is 20.9. The number of hydrogen-bond acceptors (Lipinski definition) is 8. The van der Waals surface area contributed by atoms with Gasteiger partial charge in [0.05, 0.1) is 37.1 Å². The predicted molar refractivity (Wildman–Crippen MR) is 127 cm³/mol. The molecule has 1 aromatic carbocycles. The zero-order chi connectivity index (χ0) is 23.0. The summed E-state index contributed by atoms with van der Waals surface area (Å²) in [4.78, 5) is 32.0. The summed E-state index contributed by atoms with van der Waals surface area (Å²) >= 11 is 6.28. The highest BCUT2D eigenvalue weighted by Crippen LogP contribution is 2.34. The number of fused-ring (bicyclic) bond motifs is 1. The van der Waals surface area contributed by atoms with Crippen molar-refractivity contribution in [3.8, 4) is 11.5 Å². The smallest absolute Gasteiger partial charge is 0.338 e. The molecule has 0 radical (unpaired) electrons. The number of thiazole rings is 1. The van der Waals surface area contributed by atoms with Gasteiger partial charge in [0.15, 0.2) is 16.3 Å². The van der Waals surface area contributed by atoms with Gasteiger partial charge in [-0.2, -0.15) is 0 Å². The number of hydrogen-bond donors (Lipinski definition) is 0. The molecule has 7 nitrogen and oxygen atoms in total. The highest BCUT2D eigenvalue weighted by atomic mass is 79.9. The van der Waals surface area contributed by atoms with E-state index >= 15 is 0 Å². The van der Waals surface area contributed by atoms with Crippen LogP contribution in [0, 0.1) is 0 Å². The molecule has 4 rings (SSSR count). The topological polar surface area (TPSA) is 79.1 Å². The highest BCUT2D eigenvalue weighted by molar-refractivity contribution is 9.10. The molecule has 0 saturated carbocycles. The number of ether oxygens (including phenoxy) is 3. The number of allylic oxidation sites excluding steroid dienone is 1. The van der Waals surface area contributed by atoms with E-state index in [-0.39, 0.29) is 5.56 Å². The lowest BCUT2D eigenvalue weighted by molar-refractivity contribution is -0.136.